The second kappa shape index (κ2) is 4.64. The first kappa shape index (κ1) is 12.3. The standard InChI is InChI=1S/C12H15N3O3/c1-2-7-6-9(7)14-12(16)8-4-3-5-10(11(8)13)15(17)18/h3-5,7,9H,2,6,13H2,1H3,(H,14,16). The first-order valence-corrected chi connectivity index (χ1v) is 5.88. The molecule has 0 bridgehead atoms. The van der Waals surface area contributed by atoms with E-state index in [0.29, 0.717) is 5.92 Å². The highest BCUT2D eigenvalue weighted by Crippen LogP contribution is 2.34. The molecule has 0 heterocycles. The van der Waals surface area contributed by atoms with Gasteiger partial charge in [0.05, 0.1) is 10.5 Å². The number of hydrogen-bond acceptors (Lipinski definition) is 4. The molecule has 2 unspecified atom stereocenters. The highest BCUT2D eigenvalue weighted by Gasteiger charge is 2.37. The van der Waals surface area contributed by atoms with Gasteiger partial charge in [-0.05, 0) is 18.4 Å². The number of nitro groups is 1. The maximum absolute atomic E-state index is 11.9. The minimum Gasteiger partial charge on any atom is -0.393 e. The molecule has 2 atom stereocenters. The molecule has 1 amide bonds. The molecule has 6 nitrogen and oxygen atoms in total. The van der Waals surface area contributed by atoms with Gasteiger partial charge < -0.3 is 11.1 Å². The van der Waals surface area contributed by atoms with E-state index >= 15 is 0 Å². The Balaban J connectivity index is 2.15. The smallest absolute Gasteiger partial charge is 0.292 e. The summed E-state index contributed by atoms with van der Waals surface area (Å²) in [5.74, 6) is 0.186. The van der Waals surface area contributed by atoms with Crippen LogP contribution in [0.15, 0.2) is 18.2 Å². The molecule has 0 aromatic heterocycles. The van der Waals surface area contributed by atoms with E-state index in [1.165, 1.54) is 18.2 Å². The normalized spacial score (nSPS) is 21.4. The van der Waals surface area contributed by atoms with Crippen molar-refractivity contribution in [3.8, 4) is 0 Å². The van der Waals surface area contributed by atoms with E-state index in [4.69, 9.17) is 5.73 Å². The highest BCUT2D eigenvalue weighted by molar-refractivity contribution is 6.01. The number of nitrogens with zero attached hydrogens (tertiary/aromatic N) is 1. The molecular weight excluding hydrogens is 234 g/mol. The Labute approximate surface area is 104 Å². The number of nitrogen functional groups attached to an aromatic ring is 1. The quantitative estimate of drug-likeness (QED) is 0.482. The zero-order valence-electron chi connectivity index (χ0n) is 10.1. The van der Waals surface area contributed by atoms with Gasteiger partial charge in [0.1, 0.15) is 5.69 Å². The summed E-state index contributed by atoms with van der Waals surface area (Å²) in [6.45, 7) is 2.07. The minimum absolute atomic E-state index is 0.0753. The maximum atomic E-state index is 11.9. The molecule has 1 aliphatic rings. The topological polar surface area (TPSA) is 98.3 Å². The number of carbonyl (C=O) groups excluding carboxylic acids is 1. The van der Waals surface area contributed by atoms with Gasteiger partial charge in [0.25, 0.3) is 11.6 Å². The third-order valence-corrected chi connectivity index (χ3v) is 3.29. The van der Waals surface area contributed by atoms with E-state index < -0.39 is 4.92 Å². The van der Waals surface area contributed by atoms with Crippen LogP contribution in [0.2, 0.25) is 0 Å². The molecule has 1 saturated carbocycles. The number of nitrogens with one attached hydrogen (secondary N) is 1. The summed E-state index contributed by atoms with van der Waals surface area (Å²) in [4.78, 5) is 22.1. The van der Waals surface area contributed by atoms with Gasteiger partial charge in [0, 0.05) is 12.1 Å². The Bertz CT molecular complexity index is 501. The van der Waals surface area contributed by atoms with Crippen LogP contribution in [0.4, 0.5) is 11.4 Å². The van der Waals surface area contributed by atoms with Crippen LogP contribution in [0.5, 0.6) is 0 Å². The molecule has 6 heteroatoms. The lowest BCUT2D eigenvalue weighted by molar-refractivity contribution is -0.383. The van der Waals surface area contributed by atoms with Crippen molar-refractivity contribution in [2.75, 3.05) is 5.73 Å². The van der Waals surface area contributed by atoms with Crippen LogP contribution in [0, 0.1) is 16.0 Å². The number of nitro benzene ring substituents is 1. The average molecular weight is 249 g/mol. The lowest BCUT2D eigenvalue weighted by Gasteiger charge is -2.07. The molecular formula is C12H15N3O3. The number of rotatable bonds is 4. The summed E-state index contributed by atoms with van der Waals surface area (Å²) in [5, 5.41) is 13.6. The lowest BCUT2D eigenvalue weighted by Crippen LogP contribution is -2.27. The molecule has 3 N–H and O–H groups in total. The summed E-state index contributed by atoms with van der Waals surface area (Å²) >= 11 is 0. The number of para-hydroxylation sites is 1. The molecule has 1 aliphatic carbocycles. The Morgan fingerprint density at radius 2 is 2.33 bits per heavy atom. The first-order chi connectivity index (χ1) is 8.54. The Kier molecular flexibility index (Phi) is 3.18. The van der Waals surface area contributed by atoms with Gasteiger partial charge in [-0.1, -0.05) is 19.4 Å². The summed E-state index contributed by atoms with van der Waals surface area (Å²) in [6.07, 6.45) is 1.99. The van der Waals surface area contributed by atoms with Crippen molar-refractivity contribution in [3.63, 3.8) is 0 Å². The molecule has 1 aromatic carbocycles. The van der Waals surface area contributed by atoms with Gasteiger partial charge in [-0.3, -0.25) is 14.9 Å². The van der Waals surface area contributed by atoms with Crippen molar-refractivity contribution in [2.24, 2.45) is 5.92 Å². The summed E-state index contributed by atoms with van der Waals surface area (Å²) < 4.78 is 0. The van der Waals surface area contributed by atoms with Crippen LogP contribution < -0.4 is 11.1 Å². The van der Waals surface area contributed by atoms with E-state index in [-0.39, 0.29) is 28.9 Å². The molecule has 0 spiro atoms. The first-order valence-electron chi connectivity index (χ1n) is 5.88. The average Bonchev–Trinajstić information content (AvgIpc) is 3.07. The largest absolute Gasteiger partial charge is 0.393 e. The monoisotopic (exact) mass is 249 g/mol. The molecule has 18 heavy (non-hydrogen) atoms. The maximum Gasteiger partial charge on any atom is 0.292 e. The van der Waals surface area contributed by atoms with Gasteiger partial charge >= 0.3 is 0 Å². The Hall–Kier alpha value is -2.11. The Morgan fingerprint density at radius 1 is 1.61 bits per heavy atom. The number of anilines is 1. The summed E-state index contributed by atoms with van der Waals surface area (Å²) in [5.41, 5.74) is 5.51. The molecule has 96 valence electrons. The van der Waals surface area contributed by atoms with E-state index in [9.17, 15) is 14.9 Å². The van der Waals surface area contributed by atoms with Gasteiger partial charge in [-0.15, -0.1) is 0 Å². The third kappa shape index (κ3) is 2.27. The number of nitrogens with two attached hydrogens (primary N) is 1. The van der Waals surface area contributed by atoms with Crippen molar-refractivity contribution in [1.29, 1.82) is 0 Å². The highest BCUT2D eigenvalue weighted by atomic mass is 16.6. The van der Waals surface area contributed by atoms with Crippen LogP contribution in [-0.2, 0) is 0 Å². The number of hydrogen-bond donors (Lipinski definition) is 2. The summed E-state index contributed by atoms with van der Waals surface area (Å²) in [7, 11) is 0. The fraction of sp³-hybridized carbons (Fsp3) is 0.417. The van der Waals surface area contributed by atoms with Crippen molar-refractivity contribution in [1.82, 2.24) is 5.32 Å². The molecule has 2 rings (SSSR count). The fourth-order valence-corrected chi connectivity index (χ4v) is 2.03. The third-order valence-electron chi connectivity index (χ3n) is 3.29. The van der Waals surface area contributed by atoms with Crippen LogP contribution in [0.3, 0.4) is 0 Å². The van der Waals surface area contributed by atoms with Crippen molar-refractivity contribution in [2.45, 2.75) is 25.8 Å². The van der Waals surface area contributed by atoms with E-state index in [1.54, 1.807) is 0 Å². The zero-order chi connectivity index (χ0) is 13.3. The van der Waals surface area contributed by atoms with E-state index in [0.717, 1.165) is 12.8 Å². The molecule has 1 aromatic rings. The summed E-state index contributed by atoms with van der Waals surface area (Å²) in [6, 6.07) is 4.44. The predicted molar refractivity (Wildman–Crippen MR) is 67.2 cm³/mol. The molecule has 0 saturated heterocycles. The van der Waals surface area contributed by atoms with Gasteiger partial charge in [-0.25, -0.2) is 0 Å². The van der Waals surface area contributed by atoms with Crippen LogP contribution in [0.1, 0.15) is 30.1 Å². The van der Waals surface area contributed by atoms with Crippen molar-refractivity contribution in [3.05, 3.63) is 33.9 Å². The molecule has 1 fully saturated rings. The van der Waals surface area contributed by atoms with Crippen LogP contribution in [-0.4, -0.2) is 16.9 Å². The van der Waals surface area contributed by atoms with E-state index in [2.05, 4.69) is 12.2 Å². The fourth-order valence-electron chi connectivity index (χ4n) is 2.03. The Morgan fingerprint density at radius 3 is 2.89 bits per heavy atom. The van der Waals surface area contributed by atoms with E-state index in [1.807, 2.05) is 0 Å². The minimum atomic E-state index is -0.585. The predicted octanol–water partition coefficient (Wildman–Crippen LogP) is 1.71. The number of carbonyl (C=O) groups is 1. The molecule has 0 aliphatic heterocycles. The van der Waals surface area contributed by atoms with Crippen LogP contribution >= 0.6 is 0 Å². The molecule has 0 radical (unpaired) electrons. The lowest BCUT2D eigenvalue weighted by atomic mass is 10.1. The van der Waals surface area contributed by atoms with Crippen molar-refractivity contribution < 1.29 is 9.72 Å². The van der Waals surface area contributed by atoms with Gasteiger partial charge in [-0.2, -0.15) is 0 Å². The second-order valence-electron chi connectivity index (χ2n) is 4.48. The van der Waals surface area contributed by atoms with Crippen LogP contribution in [0.25, 0.3) is 0 Å². The number of benzene rings is 1. The zero-order valence-corrected chi connectivity index (χ0v) is 10.1. The SMILES string of the molecule is CCC1CC1NC(=O)c1cccc([N+](=O)[O-])c1N. The van der Waals surface area contributed by atoms with Gasteiger partial charge in [0.15, 0.2) is 0 Å². The second-order valence-corrected chi connectivity index (χ2v) is 4.48. The van der Waals surface area contributed by atoms with Gasteiger partial charge in [0.2, 0.25) is 0 Å². The van der Waals surface area contributed by atoms with Crippen molar-refractivity contribution >= 4 is 17.3 Å². The number of amides is 1.